The zero-order valence-electron chi connectivity index (χ0n) is 6.93. The Morgan fingerprint density at radius 3 is 2.30 bits per heavy atom. The van der Waals surface area contributed by atoms with Gasteiger partial charge in [0.2, 0.25) is 0 Å². The Hall–Kier alpha value is 0.310. The van der Waals surface area contributed by atoms with Gasteiger partial charge in [-0.1, -0.05) is 26.2 Å². The fourth-order valence-electron chi connectivity index (χ4n) is 0.887. The van der Waals surface area contributed by atoms with Crippen LogP contribution in [0.15, 0.2) is 0 Å². The minimum absolute atomic E-state index is 0.756. The fraction of sp³-hybridized carbons (Fsp3) is 1.00. The van der Waals surface area contributed by atoms with E-state index in [2.05, 4.69) is 19.6 Å². The molecule has 0 bridgehead atoms. The first-order valence-electron chi connectivity index (χ1n) is 4.01. The molecule has 0 aromatic heterocycles. The Labute approximate surface area is 69.2 Å². The summed E-state index contributed by atoms with van der Waals surface area (Å²) in [5, 5.41) is 9.18. The van der Waals surface area contributed by atoms with Gasteiger partial charge in [-0.2, -0.15) is 0 Å². The van der Waals surface area contributed by atoms with E-state index in [9.17, 15) is 5.11 Å². The van der Waals surface area contributed by atoms with Crippen LogP contribution in [0.1, 0.15) is 46.0 Å². The summed E-state index contributed by atoms with van der Waals surface area (Å²) in [6.45, 7) is 3.92. The van der Waals surface area contributed by atoms with Crippen LogP contribution >= 0.6 is 12.6 Å². The van der Waals surface area contributed by atoms with Crippen molar-refractivity contribution in [3.8, 4) is 0 Å². The minimum atomic E-state index is -0.756. The quantitative estimate of drug-likeness (QED) is 0.362. The molecule has 0 rings (SSSR count). The summed E-state index contributed by atoms with van der Waals surface area (Å²) >= 11 is 4.01. The van der Waals surface area contributed by atoms with E-state index < -0.39 is 4.93 Å². The maximum atomic E-state index is 9.18. The van der Waals surface area contributed by atoms with Crippen LogP contribution in [0, 0.1) is 0 Å². The molecule has 0 spiro atoms. The SMILES string of the molecule is CCCCCCC(C)(O)S. The van der Waals surface area contributed by atoms with Crippen LogP contribution in [0.2, 0.25) is 0 Å². The molecule has 0 amide bonds. The van der Waals surface area contributed by atoms with Crippen molar-refractivity contribution in [2.24, 2.45) is 0 Å². The van der Waals surface area contributed by atoms with E-state index in [0.717, 1.165) is 12.8 Å². The zero-order chi connectivity index (χ0) is 8.04. The first-order valence-corrected chi connectivity index (χ1v) is 4.46. The van der Waals surface area contributed by atoms with E-state index in [1.807, 2.05) is 0 Å². The van der Waals surface area contributed by atoms with Gasteiger partial charge in [0.25, 0.3) is 0 Å². The maximum Gasteiger partial charge on any atom is 0.104 e. The van der Waals surface area contributed by atoms with E-state index >= 15 is 0 Å². The summed E-state index contributed by atoms with van der Waals surface area (Å²) in [7, 11) is 0. The molecule has 0 aliphatic carbocycles. The molecule has 0 aliphatic heterocycles. The summed E-state index contributed by atoms with van der Waals surface area (Å²) in [5.74, 6) is 0. The van der Waals surface area contributed by atoms with Crippen molar-refractivity contribution in [1.82, 2.24) is 0 Å². The Morgan fingerprint density at radius 2 is 1.90 bits per heavy atom. The molecule has 0 aromatic rings. The highest BCUT2D eigenvalue weighted by molar-refractivity contribution is 7.81. The predicted molar refractivity (Wildman–Crippen MR) is 48.4 cm³/mol. The number of rotatable bonds is 5. The van der Waals surface area contributed by atoms with Gasteiger partial charge in [0.05, 0.1) is 0 Å². The molecule has 1 nitrogen and oxygen atoms in total. The fourth-order valence-corrected chi connectivity index (χ4v) is 1.04. The Kier molecular flexibility index (Phi) is 5.18. The predicted octanol–water partition coefficient (Wildman–Crippen LogP) is 2.60. The number of hydrogen-bond donors (Lipinski definition) is 2. The van der Waals surface area contributed by atoms with Crippen molar-refractivity contribution in [3.05, 3.63) is 0 Å². The van der Waals surface area contributed by atoms with E-state index in [1.54, 1.807) is 6.92 Å². The lowest BCUT2D eigenvalue weighted by molar-refractivity contribution is 0.146. The van der Waals surface area contributed by atoms with Crippen LogP contribution in [0.5, 0.6) is 0 Å². The highest BCUT2D eigenvalue weighted by atomic mass is 32.1. The first kappa shape index (κ1) is 10.3. The number of unbranched alkanes of at least 4 members (excludes halogenated alkanes) is 3. The lowest BCUT2D eigenvalue weighted by Crippen LogP contribution is -2.13. The first-order chi connectivity index (χ1) is 4.56. The molecule has 0 aliphatic rings. The smallest absolute Gasteiger partial charge is 0.104 e. The summed E-state index contributed by atoms with van der Waals surface area (Å²) < 4.78 is 0. The molecule has 0 aromatic carbocycles. The van der Waals surface area contributed by atoms with Crippen molar-refractivity contribution < 1.29 is 5.11 Å². The van der Waals surface area contributed by atoms with E-state index in [4.69, 9.17) is 0 Å². The van der Waals surface area contributed by atoms with Crippen LogP contribution in [-0.2, 0) is 0 Å². The maximum absolute atomic E-state index is 9.18. The van der Waals surface area contributed by atoms with Crippen molar-refractivity contribution in [2.45, 2.75) is 50.9 Å². The van der Waals surface area contributed by atoms with Gasteiger partial charge in [0.15, 0.2) is 0 Å². The van der Waals surface area contributed by atoms with Crippen LogP contribution in [0.25, 0.3) is 0 Å². The van der Waals surface area contributed by atoms with Gasteiger partial charge in [-0.25, -0.2) is 0 Å². The summed E-state index contributed by atoms with van der Waals surface area (Å²) in [6.07, 6.45) is 5.62. The lowest BCUT2D eigenvalue weighted by atomic mass is 10.1. The third-order valence-corrected chi connectivity index (χ3v) is 1.73. The molecule has 0 heterocycles. The monoisotopic (exact) mass is 162 g/mol. The second-order valence-electron chi connectivity index (χ2n) is 3.03. The van der Waals surface area contributed by atoms with Crippen LogP contribution in [-0.4, -0.2) is 10.0 Å². The van der Waals surface area contributed by atoms with E-state index in [0.29, 0.717) is 0 Å². The number of hydrogen-bond acceptors (Lipinski definition) is 2. The molecule has 0 saturated heterocycles. The van der Waals surface area contributed by atoms with E-state index in [-0.39, 0.29) is 0 Å². The molecule has 10 heavy (non-hydrogen) atoms. The van der Waals surface area contributed by atoms with Crippen molar-refractivity contribution in [2.75, 3.05) is 0 Å². The van der Waals surface area contributed by atoms with Crippen LogP contribution < -0.4 is 0 Å². The van der Waals surface area contributed by atoms with Gasteiger partial charge >= 0.3 is 0 Å². The van der Waals surface area contributed by atoms with Crippen molar-refractivity contribution in [1.29, 1.82) is 0 Å². The molecule has 0 saturated carbocycles. The van der Waals surface area contributed by atoms with Gasteiger partial charge in [-0.15, -0.1) is 12.6 Å². The summed E-state index contributed by atoms with van der Waals surface area (Å²) in [5.41, 5.74) is 0. The van der Waals surface area contributed by atoms with Gasteiger partial charge < -0.3 is 5.11 Å². The highest BCUT2D eigenvalue weighted by Crippen LogP contribution is 2.17. The Bertz CT molecular complexity index is 75.8. The van der Waals surface area contributed by atoms with Gasteiger partial charge in [0, 0.05) is 0 Å². The third kappa shape index (κ3) is 8.31. The topological polar surface area (TPSA) is 20.2 Å². The minimum Gasteiger partial charge on any atom is -0.380 e. The molecule has 1 N–H and O–H groups in total. The third-order valence-electron chi connectivity index (χ3n) is 1.50. The Balaban J connectivity index is 3.04. The van der Waals surface area contributed by atoms with Gasteiger partial charge in [0.1, 0.15) is 4.93 Å². The number of aliphatic hydroxyl groups is 1. The largest absolute Gasteiger partial charge is 0.380 e. The molecule has 2 heteroatoms. The standard InChI is InChI=1S/C8H18OS/c1-3-4-5-6-7-8(2,9)10/h9-10H,3-7H2,1-2H3. The highest BCUT2D eigenvalue weighted by Gasteiger charge is 2.11. The normalized spacial score (nSPS) is 16.8. The second-order valence-corrected chi connectivity index (χ2v) is 3.99. The average molecular weight is 162 g/mol. The molecule has 62 valence electrons. The molecule has 0 fully saturated rings. The average Bonchev–Trinajstić information content (AvgIpc) is 1.78. The molecular weight excluding hydrogens is 144 g/mol. The van der Waals surface area contributed by atoms with Crippen LogP contribution in [0.4, 0.5) is 0 Å². The Morgan fingerprint density at radius 1 is 1.30 bits per heavy atom. The van der Waals surface area contributed by atoms with Crippen molar-refractivity contribution in [3.63, 3.8) is 0 Å². The second kappa shape index (κ2) is 5.03. The number of thiol groups is 1. The van der Waals surface area contributed by atoms with E-state index in [1.165, 1.54) is 19.3 Å². The summed E-state index contributed by atoms with van der Waals surface area (Å²) in [6, 6.07) is 0. The van der Waals surface area contributed by atoms with Crippen molar-refractivity contribution >= 4 is 12.6 Å². The molecule has 0 radical (unpaired) electrons. The zero-order valence-corrected chi connectivity index (χ0v) is 7.82. The van der Waals surface area contributed by atoms with Crippen LogP contribution in [0.3, 0.4) is 0 Å². The molecular formula is C8H18OS. The van der Waals surface area contributed by atoms with Gasteiger partial charge in [-0.05, 0) is 19.8 Å². The lowest BCUT2D eigenvalue weighted by Gasteiger charge is -2.14. The van der Waals surface area contributed by atoms with Gasteiger partial charge in [-0.3, -0.25) is 0 Å². The molecule has 1 atom stereocenters. The summed E-state index contributed by atoms with van der Waals surface area (Å²) in [4.78, 5) is -0.756. The molecule has 1 unspecified atom stereocenters.